The van der Waals surface area contributed by atoms with Crippen molar-refractivity contribution in [1.29, 1.82) is 0 Å². The van der Waals surface area contributed by atoms with Crippen molar-refractivity contribution in [2.75, 3.05) is 14.2 Å². The van der Waals surface area contributed by atoms with Gasteiger partial charge in [0.15, 0.2) is 0 Å². The highest BCUT2D eigenvalue weighted by Crippen LogP contribution is 2.34. The van der Waals surface area contributed by atoms with E-state index in [-0.39, 0.29) is 12.1 Å². The fourth-order valence-electron chi connectivity index (χ4n) is 2.06. The Kier molecular flexibility index (Phi) is 2.44. The minimum absolute atomic E-state index is 0.0379. The lowest BCUT2D eigenvalue weighted by atomic mass is 10.1. The van der Waals surface area contributed by atoms with Crippen LogP contribution in [-0.4, -0.2) is 20.3 Å². The van der Waals surface area contributed by atoms with E-state index in [9.17, 15) is 0 Å². The Morgan fingerprint density at radius 2 is 2.14 bits per heavy atom. The lowest BCUT2D eigenvalue weighted by Gasteiger charge is -2.14. The molecule has 3 heteroatoms. The molecule has 3 nitrogen and oxygen atoms in total. The van der Waals surface area contributed by atoms with Crippen LogP contribution >= 0.6 is 0 Å². The van der Waals surface area contributed by atoms with Gasteiger partial charge in [-0.3, -0.25) is 0 Å². The quantitative estimate of drug-likeness (QED) is 0.769. The van der Waals surface area contributed by atoms with Crippen molar-refractivity contribution in [3.05, 3.63) is 29.3 Å². The Labute approximate surface area is 83.8 Å². The molecule has 1 aromatic carbocycles. The number of ether oxygens (including phenoxy) is 2. The van der Waals surface area contributed by atoms with Crippen molar-refractivity contribution >= 4 is 0 Å². The largest absolute Gasteiger partial charge is 0.497 e. The van der Waals surface area contributed by atoms with Crippen molar-refractivity contribution in [2.45, 2.75) is 18.6 Å². The third kappa shape index (κ3) is 1.38. The summed E-state index contributed by atoms with van der Waals surface area (Å²) >= 11 is 0. The topological polar surface area (TPSA) is 44.5 Å². The second kappa shape index (κ2) is 3.59. The summed E-state index contributed by atoms with van der Waals surface area (Å²) in [5.41, 5.74) is 8.40. The van der Waals surface area contributed by atoms with Gasteiger partial charge < -0.3 is 15.2 Å². The Balaban J connectivity index is 2.37. The van der Waals surface area contributed by atoms with E-state index >= 15 is 0 Å². The highest BCUT2D eigenvalue weighted by Gasteiger charge is 2.29. The predicted octanol–water partition coefficient (Wildman–Crippen LogP) is 1.27. The van der Waals surface area contributed by atoms with Gasteiger partial charge in [-0.05, 0) is 29.7 Å². The standard InChI is InChI=1S/C11H15NO2/c1-13-8-3-4-9-7(5-8)6-10(12)11(9)14-2/h3-5,10-11H,6,12H2,1-2H3/t10-,11-/m1/s1. The third-order valence-corrected chi connectivity index (χ3v) is 2.76. The zero-order valence-corrected chi connectivity index (χ0v) is 8.49. The third-order valence-electron chi connectivity index (χ3n) is 2.76. The summed E-state index contributed by atoms with van der Waals surface area (Å²) in [5, 5.41) is 0. The van der Waals surface area contributed by atoms with Crippen LogP contribution in [0.1, 0.15) is 17.2 Å². The van der Waals surface area contributed by atoms with Crippen LogP contribution in [0.5, 0.6) is 5.75 Å². The molecule has 0 aliphatic heterocycles. The molecule has 14 heavy (non-hydrogen) atoms. The molecule has 0 unspecified atom stereocenters. The van der Waals surface area contributed by atoms with Gasteiger partial charge in [-0.1, -0.05) is 6.07 Å². The molecule has 0 radical (unpaired) electrons. The summed E-state index contributed by atoms with van der Waals surface area (Å²) in [5.74, 6) is 0.882. The number of fused-ring (bicyclic) bond motifs is 1. The smallest absolute Gasteiger partial charge is 0.119 e. The molecule has 0 saturated heterocycles. The van der Waals surface area contributed by atoms with E-state index in [1.165, 1.54) is 11.1 Å². The second-order valence-electron chi connectivity index (χ2n) is 3.59. The van der Waals surface area contributed by atoms with Crippen molar-refractivity contribution in [3.63, 3.8) is 0 Å². The normalized spacial score (nSPS) is 24.8. The summed E-state index contributed by atoms with van der Waals surface area (Å²) in [6.45, 7) is 0. The first kappa shape index (κ1) is 9.49. The monoisotopic (exact) mass is 193 g/mol. The van der Waals surface area contributed by atoms with Crippen molar-refractivity contribution in [2.24, 2.45) is 5.73 Å². The molecule has 0 amide bonds. The van der Waals surface area contributed by atoms with Crippen LogP contribution in [0.3, 0.4) is 0 Å². The minimum atomic E-state index is 0.0379. The van der Waals surface area contributed by atoms with Crippen LogP contribution in [0, 0.1) is 0 Å². The fraction of sp³-hybridized carbons (Fsp3) is 0.455. The minimum Gasteiger partial charge on any atom is -0.497 e. The molecule has 0 saturated carbocycles. The molecular weight excluding hydrogens is 178 g/mol. The molecule has 2 N–H and O–H groups in total. The van der Waals surface area contributed by atoms with Crippen molar-refractivity contribution < 1.29 is 9.47 Å². The van der Waals surface area contributed by atoms with E-state index in [2.05, 4.69) is 0 Å². The first-order chi connectivity index (χ1) is 6.76. The van der Waals surface area contributed by atoms with Crippen LogP contribution in [0.25, 0.3) is 0 Å². The Morgan fingerprint density at radius 3 is 2.79 bits per heavy atom. The van der Waals surface area contributed by atoms with E-state index in [1.54, 1.807) is 14.2 Å². The molecule has 0 spiro atoms. The highest BCUT2D eigenvalue weighted by atomic mass is 16.5. The van der Waals surface area contributed by atoms with Crippen LogP contribution in [0.2, 0.25) is 0 Å². The Bertz CT molecular complexity index is 338. The van der Waals surface area contributed by atoms with Crippen molar-refractivity contribution in [1.82, 2.24) is 0 Å². The molecule has 0 fully saturated rings. The first-order valence-corrected chi connectivity index (χ1v) is 4.71. The van der Waals surface area contributed by atoms with Crippen LogP contribution in [0.15, 0.2) is 18.2 Å². The van der Waals surface area contributed by atoms with Gasteiger partial charge in [0, 0.05) is 13.2 Å². The Hall–Kier alpha value is -1.06. The van der Waals surface area contributed by atoms with Gasteiger partial charge in [-0.25, -0.2) is 0 Å². The predicted molar refractivity (Wildman–Crippen MR) is 54.4 cm³/mol. The molecule has 1 aliphatic rings. The first-order valence-electron chi connectivity index (χ1n) is 4.71. The molecule has 0 aromatic heterocycles. The molecule has 2 atom stereocenters. The zero-order chi connectivity index (χ0) is 10.1. The number of nitrogens with two attached hydrogens (primary N) is 1. The van der Waals surface area contributed by atoms with Gasteiger partial charge in [-0.15, -0.1) is 0 Å². The molecular formula is C11H15NO2. The average Bonchev–Trinajstić information content (AvgIpc) is 2.51. The summed E-state index contributed by atoms with van der Waals surface area (Å²) in [7, 11) is 3.37. The molecule has 76 valence electrons. The van der Waals surface area contributed by atoms with Gasteiger partial charge in [0.25, 0.3) is 0 Å². The number of benzene rings is 1. The molecule has 0 bridgehead atoms. The van der Waals surface area contributed by atoms with E-state index in [0.29, 0.717) is 0 Å². The zero-order valence-electron chi connectivity index (χ0n) is 8.49. The average molecular weight is 193 g/mol. The molecule has 1 aromatic rings. The van der Waals surface area contributed by atoms with Gasteiger partial charge >= 0.3 is 0 Å². The number of methoxy groups -OCH3 is 2. The summed E-state index contributed by atoms with van der Waals surface area (Å²) in [6, 6.07) is 6.09. The lowest BCUT2D eigenvalue weighted by Crippen LogP contribution is -2.25. The lowest BCUT2D eigenvalue weighted by molar-refractivity contribution is 0.0902. The van der Waals surface area contributed by atoms with Crippen LogP contribution < -0.4 is 10.5 Å². The maximum absolute atomic E-state index is 5.97. The number of rotatable bonds is 2. The molecule has 2 rings (SSSR count). The van der Waals surface area contributed by atoms with Crippen LogP contribution in [0.4, 0.5) is 0 Å². The van der Waals surface area contributed by atoms with E-state index in [0.717, 1.165) is 12.2 Å². The summed E-state index contributed by atoms with van der Waals surface area (Å²) in [6.07, 6.45) is 0.904. The van der Waals surface area contributed by atoms with E-state index < -0.39 is 0 Å². The number of hydrogen-bond acceptors (Lipinski definition) is 3. The number of hydrogen-bond donors (Lipinski definition) is 1. The van der Waals surface area contributed by atoms with Crippen LogP contribution in [-0.2, 0) is 11.2 Å². The summed E-state index contributed by atoms with van der Waals surface area (Å²) < 4.78 is 10.5. The SMILES string of the molecule is COc1ccc2c(c1)C[C@@H](N)[C@@H]2OC. The van der Waals surface area contributed by atoms with Gasteiger partial charge in [0.2, 0.25) is 0 Å². The molecule has 0 heterocycles. The maximum atomic E-state index is 5.97. The van der Waals surface area contributed by atoms with Gasteiger partial charge in [-0.2, -0.15) is 0 Å². The van der Waals surface area contributed by atoms with Crippen molar-refractivity contribution in [3.8, 4) is 5.75 Å². The van der Waals surface area contributed by atoms with Gasteiger partial charge in [0.1, 0.15) is 5.75 Å². The van der Waals surface area contributed by atoms with E-state index in [1.807, 2.05) is 18.2 Å². The fourth-order valence-corrected chi connectivity index (χ4v) is 2.06. The summed E-state index contributed by atoms with van der Waals surface area (Å²) in [4.78, 5) is 0. The second-order valence-corrected chi connectivity index (χ2v) is 3.59. The van der Waals surface area contributed by atoms with Gasteiger partial charge in [0.05, 0.1) is 13.2 Å². The maximum Gasteiger partial charge on any atom is 0.119 e. The molecule has 1 aliphatic carbocycles. The highest BCUT2D eigenvalue weighted by molar-refractivity contribution is 5.41. The Morgan fingerprint density at radius 1 is 1.36 bits per heavy atom. The van der Waals surface area contributed by atoms with E-state index in [4.69, 9.17) is 15.2 Å².